The Labute approximate surface area is 156 Å². The zero-order valence-corrected chi connectivity index (χ0v) is 15.6. The molecule has 3 rings (SSSR count). The second-order valence-electron chi connectivity index (χ2n) is 5.10. The Bertz CT molecular complexity index is 989. The van der Waals surface area contributed by atoms with Crippen LogP contribution < -0.4 is 4.90 Å². The van der Waals surface area contributed by atoms with Gasteiger partial charge in [-0.3, -0.25) is 9.20 Å². The number of carbonyl (C=O) groups is 2. The van der Waals surface area contributed by atoms with Crippen LogP contribution in [0.3, 0.4) is 0 Å². The van der Waals surface area contributed by atoms with Crippen LogP contribution in [-0.4, -0.2) is 40.4 Å². The molecule has 0 aliphatic heterocycles. The molecule has 0 aliphatic carbocycles. The van der Waals surface area contributed by atoms with Gasteiger partial charge in [0.15, 0.2) is 5.65 Å². The van der Waals surface area contributed by atoms with E-state index in [0.717, 1.165) is 0 Å². The van der Waals surface area contributed by atoms with E-state index in [1.807, 2.05) is 0 Å². The van der Waals surface area contributed by atoms with Crippen LogP contribution in [0.15, 0.2) is 41.4 Å². The molecule has 25 heavy (non-hydrogen) atoms. The Morgan fingerprint density at radius 2 is 2.04 bits per heavy atom. The Morgan fingerprint density at radius 3 is 2.76 bits per heavy atom. The molecule has 2 heterocycles. The predicted molar refractivity (Wildman–Crippen MR) is 96.2 cm³/mol. The molecule has 0 unspecified atom stereocenters. The van der Waals surface area contributed by atoms with Gasteiger partial charge in [0.25, 0.3) is 5.91 Å². The summed E-state index contributed by atoms with van der Waals surface area (Å²) in [7, 11) is 2.85. The summed E-state index contributed by atoms with van der Waals surface area (Å²) in [5.74, 6) is -0.921. The maximum atomic E-state index is 12.7. The van der Waals surface area contributed by atoms with Crippen LogP contribution >= 0.6 is 27.5 Å². The molecule has 0 N–H and O–H groups in total. The summed E-state index contributed by atoms with van der Waals surface area (Å²) in [6.07, 6.45) is 4.72. The molecule has 0 spiro atoms. The zero-order valence-electron chi connectivity index (χ0n) is 13.2. The molecule has 7 nitrogen and oxygen atoms in total. The van der Waals surface area contributed by atoms with Gasteiger partial charge in [-0.25, -0.2) is 14.8 Å². The summed E-state index contributed by atoms with van der Waals surface area (Å²) in [5.41, 5.74) is 1.51. The summed E-state index contributed by atoms with van der Waals surface area (Å²) in [4.78, 5) is 34.1. The number of rotatable bonds is 3. The van der Waals surface area contributed by atoms with Gasteiger partial charge in [-0.05, 0) is 34.1 Å². The van der Waals surface area contributed by atoms with Crippen LogP contribution in [0.5, 0.6) is 0 Å². The second-order valence-corrected chi connectivity index (χ2v) is 6.32. The van der Waals surface area contributed by atoms with E-state index < -0.39 is 5.97 Å². The molecule has 0 saturated carbocycles. The molecule has 0 radical (unpaired) electrons. The monoisotopic (exact) mass is 422 g/mol. The first-order valence-electron chi connectivity index (χ1n) is 7.07. The summed E-state index contributed by atoms with van der Waals surface area (Å²) in [6, 6.07) is 4.67. The number of amides is 1. The first-order valence-corrected chi connectivity index (χ1v) is 8.24. The molecule has 0 aliphatic rings. The number of ether oxygens (including phenoxy) is 1. The van der Waals surface area contributed by atoms with E-state index in [9.17, 15) is 9.59 Å². The highest BCUT2D eigenvalue weighted by Crippen LogP contribution is 2.24. The lowest BCUT2D eigenvalue weighted by Crippen LogP contribution is -2.27. The molecule has 128 valence electrons. The van der Waals surface area contributed by atoms with E-state index in [1.54, 1.807) is 29.9 Å². The van der Waals surface area contributed by atoms with Crippen molar-refractivity contribution in [3.63, 3.8) is 0 Å². The third-order valence-electron chi connectivity index (χ3n) is 3.62. The van der Waals surface area contributed by atoms with Gasteiger partial charge in [0, 0.05) is 18.9 Å². The average Bonchev–Trinajstić information content (AvgIpc) is 3.00. The van der Waals surface area contributed by atoms with Crippen LogP contribution in [0.25, 0.3) is 5.65 Å². The second kappa shape index (κ2) is 6.81. The summed E-state index contributed by atoms with van der Waals surface area (Å²) < 4.78 is 7.11. The van der Waals surface area contributed by atoms with Crippen LogP contribution in [0.2, 0.25) is 5.02 Å². The molecule has 3 aromatic rings. The van der Waals surface area contributed by atoms with Gasteiger partial charge in [0.2, 0.25) is 0 Å². The molecule has 0 bridgehead atoms. The molecule has 0 atom stereocenters. The van der Waals surface area contributed by atoms with Crippen LogP contribution in [-0.2, 0) is 4.74 Å². The Balaban J connectivity index is 1.96. The number of esters is 1. The minimum absolute atomic E-state index is 0.182. The molecule has 0 saturated heterocycles. The fraction of sp³-hybridized carbons (Fsp3) is 0.125. The van der Waals surface area contributed by atoms with Gasteiger partial charge in [-0.1, -0.05) is 11.6 Å². The smallest absolute Gasteiger partial charge is 0.339 e. The fourth-order valence-corrected chi connectivity index (χ4v) is 2.83. The van der Waals surface area contributed by atoms with Crippen molar-refractivity contribution in [1.82, 2.24) is 14.4 Å². The molecular formula is C16H12BrClN4O3. The lowest BCUT2D eigenvalue weighted by atomic mass is 10.2. The first kappa shape index (κ1) is 17.4. The van der Waals surface area contributed by atoms with Gasteiger partial charge in [0.05, 0.1) is 30.1 Å². The molecule has 1 amide bonds. The lowest BCUT2D eigenvalue weighted by Gasteiger charge is -2.18. The number of fused-ring (bicyclic) bond motifs is 1. The number of anilines is 1. The Hall–Kier alpha value is -2.45. The summed E-state index contributed by atoms with van der Waals surface area (Å²) in [5, 5.41) is 0.248. The van der Waals surface area contributed by atoms with Crippen molar-refractivity contribution in [3.8, 4) is 0 Å². The SMILES string of the molecule is COC(=O)c1cc(N(C)C(=O)c2cn3c(Br)cnc3cn2)ccc1Cl. The van der Waals surface area contributed by atoms with Crippen molar-refractivity contribution >= 4 is 50.7 Å². The van der Waals surface area contributed by atoms with E-state index in [4.69, 9.17) is 16.3 Å². The van der Waals surface area contributed by atoms with Gasteiger partial charge >= 0.3 is 5.97 Å². The van der Waals surface area contributed by atoms with Gasteiger partial charge in [-0.15, -0.1) is 0 Å². The van der Waals surface area contributed by atoms with E-state index in [1.165, 1.54) is 30.3 Å². The van der Waals surface area contributed by atoms with Gasteiger partial charge < -0.3 is 9.64 Å². The summed E-state index contributed by atoms with van der Waals surface area (Å²) >= 11 is 9.36. The predicted octanol–water partition coefficient (Wildman–Crippen LogP) is 3.21. The number of carbonyl (C=O) groups excluding carboxylic acids is 2. The van der Waals surface area contributed by atoms with Crippen molar-refractivity contribution in [1.29, 1.82) is 0 Å². The number of halogens is 2. The van der Waals surface area contributed by atoms with E-state index >= 15 is 0 Å². The number of benzene rings is 1. The average molecular weight is 424 g/mol. The molecular weight excluding hydrogens is 412 g/mol. The molecule has 1 aromatic carbocycles. The topological polar surface area (TPSA) is 76.8 Å². The highest BCUT2D eigenvalue weighted by molar-refractivity contribution is 9.10. The zero-order chi connectivity index (χ0) is 18.1. The minimum Gasteiger partial charge on any atom is -0.465 e. The number of hydrogen-bond donors (Lipinski definition) is 0. The first-order chi connectivity index (χ1) is 11.9. The number of methoxy groups -OCH3 is 1. The van der Waals surface area contributed by atoms with Gasteiger partial charge in [0.1, 0.15) is 10.3 Å². The van der Waals surface area contributed by atoms with E-state index in [2.05, 4.69) is 25.9 Å². The summed E-state index contributed by atoms with van der Waals surface area (Å²) in [6.45, 7) is 0. The lowest BCUT2D eigenvalue weighted by molar-refractivity contribution is 0.0600. The minimum atomic E-state index is -0.574. The number of nitrogens with zero attached hydrogens (tertiary/aromatic N) is 4. The highest BCUT2D eigenvalue weighted by Gasteiger charge is 2.19. The largest absolute Gasteiger partial charge is 0.465 e. The van der Waals surface area contributed by atoms with Crippen molar-refractivity contribution in [2.75, 3.05) is 19.1 Å². The molecule has 9 heteroatoms. The van der Waals surface area contributed by atoms with Crippen LogP contribution in [0.4, 0.5) is 5.69 Å². The Kier molecular flexibility index (Phi) is 4.73. The van der Waals surface area contributed by atoms with Crippen LogP contribution in [0, 0.1) is 0 Å². The third kappa shape index (κ3) is 3.22. The van der Waals surface area contributed by atoms with Crippen molar-refractivity contribution in [2.45, 2.75) is 0 Å². The fourth-order valence-electron chi connectivity index (χ4n) is 2.25. The molecule has 0 fully saturated rings. The van der Waals surface area contributed by atoms with Crippen molar-refractivity contribution < 1.29 is 14.3 Å². The molecule has 2 aromatic heterocycles. The van der Waals surface area contributed by atoms with Gasteiger partial charge in [-0.2, -0.15) is 0 Å². The van der Waals surface area contributed by atoms with E-state index in [0.29, 0.717) is 15.9 Å². The van der Waals surface area contributed by atoms with Crippen molar-refractivity contribution in [2.24, 2.45) is 0 Å². The number of aromatic nitrogens is 3. The maximum Gasteiger partial charge on any atom is 0.339 e. The van der Waals surface area contributed by atoms with E-state index in [-0.39, 0.29) is 22.2 Å². The third-order valence-corrected chi connectivity index (χ3v) is 4.53. The van der Waals surface area contributed by atoms with Crippen molar-refractivity contribution in [3.05, 3.63) is 57.7 Å². The quantitative estimate of drug-likeness (QED) is 0.605. The standard InChI is InChI=1S/C16H12BrClN4O3/c1-21(9-3-4-11(18)10(5-9)16(24)25-2)15(23)12-8-22-13(17)6-20-14(22)7-19-12/h3-8H,1-2H3. The van der Waals surface area contributed by atoms with Crippen LogP contribution in [0.1, 0.15) is 20.8 Å². The normalized spacial score (nSPS) is 10.7. The maximum absolute atomic E-state index is 12.7. The number of hydrogen-bond acceptors (Lipinski definition) is 5. The highest BCUT2D eigenvalue weighted by atomic mass is 79.9. The number of imidazole rings is 1. The Morgan fingerprint density at radius 1 is 1.28 bits per heavy atom.